The van der Waals surface area contributed by atoms with Gasteiger partial charge in [0.05, 0.1) is 12.1 Å². The maximum absolute atomic E-state index is 14.0. The molecule has 2 unspecified atom stereocenters. The summed E-state index contributed by atoms with van der Waals surface area (Å²) < 4.78 is 33.7. The summed E-state index contributed by atoms with van der Waals surface area (Å²) in [5.74, 6) is -0.601. The largest absolute Gasteiger partial charge is 0.376 e. The fourth-order valence-electron chi connectivity index (χ4n) is 2.53. The van der Waals surface area contributed by atoms with Crippen molar-refractivity contribution in [1.29, 1.82) is 0 Å². The van der Waals surface area contributed by atoms with Crippen LogP contribution >= 0.6 is 0 Å². The van der Waals surface area contributed by atoms with Crippen molar-refractivity contribution in [3.63, 3.8) is 0 Å². The first-order valence-electron chi connectivity index (χ1n) is 6.97. The first-order chi connectivity index (χ1) is 9.19. The van der Waals surface area contributed by atoms with E-state index in [9.17, 15) is 8.78 Å². The number of hydrogen-bond donors (Lipinski definition) is 1. The van der Waals surface area contributed by atoms with E-state index < -0.39 is 17.7 Å². The molecule has 1 aromatic carbocycles. The predicted molar refractivity (Wildman–Crippen MR) is 70.9 cm³/mol. The molecule has 1 aliphatic carbocycles. The number of halogens is 2. The summed E-state index contributed by atoms with van der Waals surface area (Å²) >= 11 is 0. The van der Waals surface area contributed by atoms with Crippen molar-refractivity contribution < 1.29 is 13.5 Å². The molecule has 1 N–H and O–H groups in total. The van der Waals surface area contributed by atoms with Crippen LogP contribution in [0.3, 0.4) is 0 Å². The SMILES string of the molecule is CCNC(c1c(F)cccc1F)C(OCC)C1CC1. The lowest BCUT2D eigenvalue weighted by molar-refractivity contribution is 0.0171. The van der Waals surface area contributed by atoms with Gasteiger partial charge in [0.1, 0.15) is 11.6 Å². The molecule has 0 aliphatic heterocycles. The molecule has 2 nitrogen and oxygen atoms in total. The van der Waals surface area contributed by atoms with Gasteiger partial charge in [0, 0.05) is 12.2 Å². The minimum absolute atomic E-state index is 0.106. The summed E-state index contributed by atoms with van der Waals surface area (Å²) in [5.41, 5.74) is 0.106. The van der Waals surface area contributed by atoms with Crippen LogP contribution in [0, 0.1) is 17.6 Å². The van der Waals surface area contributed by atoms with Gasteiger partial charge < -0.3 is 10.1 Å². The van der Waals surface area contributed by atoms with Gasteiger partial charge >= 0.3 is 0 Å². The van der Waals surface area contributed by atoms with Gasteiger partial charge in [0.25, 0.3) is 0 Å². The molecule has 2 atom stereocenters. The molecule has 19 heavy (non-hydrogen) atoms. The molecule has 106 valence electrons. The zero-order valence-corrected chi connectivity index (χ0v) is 11.5. The molecule has 4 heteroatoms. The highest BCUT2D eigenvalue weighted by Crippen LogP contribution is 2.41. The molecule has 0 saturated heterocycles. The molecular formula is C15H21F2NO. The summed E-state index contributed by atoms with van der Waals surface area (Å²) in [6.07, 6.45) is 1.99. The fraction of sp³-hybridized carbons (Fsp3) is 0.600. The first kappa shape index (κ1) is 14.4. The average molecular weight is 269 g/mol. The monoisotopic (exact) mass is 269 g/mol. The van der Waals surface area contributed by atoms with Crippen LogP contribution < -0.4 is 5.32 Å². The third kappa shape index (κ3) is 3.31. The van der Waals surface area contributed by atoms with Gasteiger partial charge in [0.2, 0.25) is 0 Å². The van der Waals surface area contributed by atoms with Crippen molar-refractivity contribution in [2.24, 2.45) is 5.92 Å². The van der Waals surface area contributed by atoms with Gasteiger partial charge in [-0.1, -0.05) is 13.0 Å². The van der Waals surface area contributed by atoms with Crippen LogP contribution in [0.4, 0.5) is 8.78 Å². The van der Waals surface area contributed by atoms with Gasteiger partial charge in [0.15, 0.2) is 0 Å². The number of likely N-dealkylation sites (N-methyl/N-ethyl adjacent to an activating group) is 1. The van der Waals surface area contributed by atoms with Crippen LogP contribution in [0.1, 0.15) is 38.3 Å². The highest BCUT2D eigenvalue weighted by Gasteiger charge is 2.39. The molecule has 0 amide bonds. The Morgan fingerprint density at radius 2 is 1.89 bits per heavy atom. The second kappa shape index (κ2) is 6.44. The van der Waals surface area contributed by atoms with Gasteiger partial charge in [-0.3, -0.25) is 0 Å². The summed E-state index contributed by atoms with van der Waals surface area (Å²) in [7, 11) is 0. The molecule has 0 radical (unpaired) electrons. The molecule has 1 saturated carbocycles. The summed E-state index contributed by atoms with van der Waals surface area (Å²) in [5, 5.41) is 3.18. The van der Waals surface area contributed by atoms with E-state index in [-0.39, 0.29) is 11.7 Å². The summed E-state index contributed by atoms with van der Waals surface area (Å²) in [4.78, 5) is 0. The highest BCUT2D eigenvalue weighted by atomic mass is 19.1. The molecule has 1 fully saturated rings. The van der Waals surface area contributed by atoms with Gasteiger partial charge in [-0.2, -0.15) is 0 Å². The summed E-state index contributed by atoms with van der Waals surface area (Å²) in [6, 6.07) is 3.58. The topological polar surface area (TPSA) is 21.3 Å². The third-order valence-corrected chi connectivity index (χ3v) is 3.51. The van der Waals surface area contributed by atoms with Crippen molar-refractivity contribution in [1.82, 2.24) is 5.32 Å². The Kier molecular flexibility index (Phi) is 4.88. The minimum Gasteiger partial charge on any atom is -0.376 e. The van der Waals surface area contributed by atoms with Crippen LogP contribution in [0.5, 0.6) is 0 Å². The van der Waals surface area contributed by atoms with E-state index in [1.165, 1.54) is 18.2 Å². The van der Waals surface area contributed by atoms with Gasteiger partial charge in [-0.15, -0.1) is 0 Å². The average Bonchev–Trinajstić information content (AvgIpc) is 3.19. The zero-order chi connectivity index (χ0) is 13.8. The maximum atomic E-state index is 14.0. The molecule has 0 aromatic heterocycles. The third-order valence-electron chi connectivity index (χ3n) is 3.51. The number of hydrogen-bond acceptors (Lipinski definition) is 2. The lowest BCUT2D eigenvalue weighted by atomic mass is 9.96. The van der Waals surface area contributed by atoms with Crippen LogP contribution in [0.2, 0.25) is 0 Å². The fourth-order valence-corrected chi connectivity index (χ4v) is 2.53. The van der Waals surface area contributed by atoms with E-state index in [1.54, 1.807) is 0 Å². The Labute approximate surface area is 113 Å². The van der Waals surface area contributed by atoms with Crippen molar-refractivity contribution in [3.8, 4) is 0 Å². The van der Waals surface area contributed by atoms with E-state index >= 15 is 0 Å². The van der Waals surface area contributed by atoms with Crippen LogP contribution in [0.15, 0.2) is 18.2 Å². The number of ether oxygens (including phenoxy) is 1. The Morgan fingerprint density at radius 3 is 2.37 bits per heavy atom. The molecule has 1 aliphatic rings. The van der Waals surface area contributed by atoms with Crippen LogP contribution in [-0.4, -0.2) is 19.3 Å². The molecule has 0 spiro atoms. The van der Waals surface area contributed by atoms with E-state index in [0.717, 1.165) is 12.8 Å². The predicted octanol–water partition coefficient (Wildman–Crippen LogP) is 3.43. The first-order valence-corrected chi connectivity index (χ1v) is 6.97. The van der Waals surface area contributed by atoms with Crippen molar-refractivity contribution in [2.75, 3.05) is 13.2 Å². The number of nitrogens with one attached hydrogen (secondary N) is 1. The van der Waals surface area contributed by atoms with E-state index in [4.69, 9.17) is 4.74 Å². The lowest BCUT2D eigenvalue weighted by Crippen LogP contribution is -2.36. The molecular weight excluding hydrogens is 248 g/mol. The normalized spacial score (nSPS) is 18.3. The maximum Gasteiger partial charge on any atom is 0.131 e. The van der Waals surface area contributed by atoms with Crippen molar-refractivity contribution >= 4 is 0 Å². The standard InChI is InChI=1S/C15H21F2NO/c1-3-18-14(15(19-4-2)10-8-9-10)13-11(16)6-5-7-12(13)17/h5-7,10,14-15,18H,3-4,8-9H2,1-2H3. The Bertz CT molecular complexity index is 400. The van der Waals surface area contributed by atoms with Crippen molar-refractivity contribution in [3.05, 3.63) is 35.4 Å². The Balaban J connectivity index is 2.32. The second-order valence-corrected chi connectivity index (χ2v) is 4.93. The van der Waals surface area contributed by atoms with Crippen LogP contribution in [-0.2, 0) is 4.74 Å². The second-order valence-electron chi connectivity index (χ2n) is 4.93. The van der Waals surface area contributed by atoms with E-state index in [0.29, 0.717) is 19.1 Å². The molecule has 0 heterocycles. The van der Waals surface area contributed by atoms with Crippen LogP contribution in [0.25, 0.3) is 0 Å². The Morgan fingerprint density at radius 1 is 1.26 bits per heavy atom. The number of rotatable bonds is 7. The zero-order valence-electron chi connectivity index (χ0n) is 11.5. The molecule has 0 bridgehead atoms. The van der Waals surface area contributed by atoms with Gasteiger partial charge in [-0.05, 0) is 44.4 Å². The van der Waals surface area contributed by atoms with E-state index in [1.807, 2.05) is 13.8 Å². The summed E-state index contributed by atoms with van der Waals surface area (Å²) in [6.45, 7) is 5.05. The Hall–Kier alpha value is -1.00. The smallest absolute Gasteiger partial charge is 0.131 e. The minimum atomic E-state index is -0.503. The number of benzene rings is 1. The highest BCUT2D eigenvalue weighted by molar-refractivity contribution is 5.25. The van der Waals surface area contributed by atoms with E-state index in [2.05, 4.69) is 5.32 Å². The quantitative estimate of drug-likeness (QED) is 0.819. The lowest BCUT2D eigenvalue weighted by Gasteiger charge is -2.28. The van der Waals surface area contributed by atoms with Gasteiger partial charge in [-0.25, -0.2) is 8.78 Å². The van der Waals surface area contributed by atoms with Crippen molar-refractivity contribution in [2.45, 2.75) is 38.8 Å². The molecule has 1 aromatic rings. The molecule has 2 rings (SSSR count).